The summed E-state index contributed by atoms with van der Waals surface area (Å²) in [6.07, 6.45) is 0.0652. The molecule has 17 heavy (non-hydrogen) atoms. The molecule has 2 N–H and O–H groups in total. The van der Waals surface area contributed by atoms with Gasteiger partial charge in [-0.25, -0.2) is 4.39 Å². The van der Waals surface area contributed by atoms with E-state index in [1.165, 1.54) is 19.2 Å². The Morgan fingerprint density at radius 1 is 1.41 bits per heavy atom. The Hall–Kier alpha value is -2.11. The molecule has 0 saturated heterocycles. The number of nitrogens with two attached hydrogens (primary N) is 1. The molecule has 0 atom stereocenters. The normalized spacial score (nSPS) is 9.76. The molecule has 0 spiro atoms. The Labute approximate surface area is 97.3 Å². The SMILES string of the molecule is COC(=O)CCOc1ccc(C(N)=O)c(F)c1. The third kappa shape index (κ3) is 3.75. The molecule has 0 aromatic heterocycles. The van der Waals surface area contributed by atoms with Crippen molar-refractivity contribution in [2.75, 3.05) is 13.7 Å². The lowest BCUT2D eigenvalue weighted by atomic mass is 10.2. The number of methoxy groups -OCH3 is 1. The number of esters is 1. The summed E-state index contributed by atoms with van der Waals surface area (Å²) in [5.41, 5.74) is 4.74. The molecule has 0 fully saturated rings. The van der Waals surface area contributed by atoms with Crippen LogP contribution in [0.25, 0.3) is 0 Å². The first-order valence-electron chi connectivity index (χ1n) is 4.83. The lowest BCUT2D eigenvalue weighted by Crippen LogP contribution is -2.13. The summed E-state index contributed by atoms with van der Waals surface area (Å²) < 4.78 is 22.8. The molecule has 0 radical (unpaired) electrons. The molecule has 1 amide bonds. The number of carbonyl (C=O) groups excluding carboxylic acids is 2. The molecule has 0 aliphatic rings. The standard InChI is InChI=1S/C11H12FNO4/c1-16-10(14)4-5-17-7-2-3-8(11(13)15)9(12)6-7/h2-3,6H,4-5H2,1H3,(H2,13,15). The van der Waals surface area contributed by atoms with E-state index in [9.17, 15) is 14.0 Å². The van der Waals surface area contributed by atoms with E-state index < -0.39 is 17.7 Å². The predicted octanol–water partition coefficient (Wildman–Crippen LogP) is 0.866. The molecular formula is C11H12FNO4. The second-order valence-electron chi connectivity index (χ2n) is 3.18. The Kier molecular flexibility index (Phi) is 4.45. The highest BCUT2D eigenvalue weighted by molar-refractivity contribution is 5.93. The van der Waals surface area contributed by atoms with Crippen molar-refractivity contribution in [1.29, 1.82) is 0 Å². The molecule has 0 aliphatic heterocycles. The minimum atomic E-state index is -0.844. The fourth-order valence-corrected chi connectivity index (χ4v) is 1.14. The van der Waals surface area contributed by atoms with E-state index in [-0.39, 0.29) is 24.3 Å². The first-order valence-corrected chi connectivity index (χ1v) is 4.83. The van der Waals surface area contributed by atoms with Crippen molar-refractivity contribution in [2.24, 2.45) is 5.73 Å². The quantitative estimate of drug-likeness (QED) is 0.776. The van der Waals surface area contributed by atoms with Crippen molar-refractivity contribution in [2.45, 2.75) is 6.42 Å². The molecule has 0 aliphatic carbocycles. The van der Waals surface area contributed by atoms with Crippen LogP contribution in [0, 0.1) is 5.82 Å². The molecule has 0 saturated carbocycles. The second kappa shape index (κ2) is 5.83. The van der Waals surface area contributed by atoms with E-state index in [2.05, 4.69) is 4.74 Å². The van der Waals surface area contributed by atoms with E-state index in [0.717, 1.165) is 6.07 Å². The molecule has 92 valence electrons. The maximum Gasteiger partial charge on any atom is 0.308 e. The van der Waals surface area contributed by atoms with Gasteiger partial charge in [-0.2, -0.15) is 0 Å². The Morgan fingerprint density at radius 3 is 2.65 bits per heavy atom. The summed E-state index contributed by atoms with van der Waals surface area (Å²) >= 11 is 0. The van der Waals surface area contributed by atoms with E-state index in [0.29, 0.717) is 0 Å². The fourth-order valence-electron chi connectivity index (χ4n) is 1.14. The van der Waals surface area contributed by atoms with Crippen LogP contribution in [-0.4, -0.2) is 25.6 Å². The smallest absolute Gasteiger partial charge is 0.308 e. The summed E-state index contributed by atoms with van der Waals surface area (Å²) in [5.74, 6) is -1.80. The van der Waals surface area contributed by atoms with Gasteiger partial charge in [-0.1, -0.05) is 0 Å². The Bertz CT molecular complexity index is 433. The lowest BCUT2D eigenvalue weighted by Gasteiger charge is -2.06. The maximum atomic E-state index is 13.3. The first kappa shape index (κ1) is 13.0. The number of halogens is 1. The third-order valence-corrected chi connectivity index (χ3v) is 2.01. The van der Waals surface area contributed by atoms with Crippen LogP contribution >= 0.6 is 0 Å². The van der Waals surface area contributed by atoms with Crippen LogP contribution in [0.3, 0.4) is 0 Å². The largest absolute Gasteiger partial charge is 0.493 e. The van der Waals surface area contributed by atoms with Crippen LogP contribution < -0.4 is 10.5 Å². The number of hydrogen-bond donors (Lipinski definition) is 1. The van der Waals surface area contributed by atoms with Crippen LogP contribution in [0.15, 0.2) is 18.2 Å². The van der Waals surface area contributed by atoms with Crippen molar-refractivity contribution in [3.05, 3.63) is 29.6 Å². The minimum Gasteiger partial charge on any atom is -0.493 e. The number of hydrogen-bond acceptors (Lipinski definition) is 4. The Balaban J connectivity index is 2.59. The number of primary amides is 1. The van der Waals surface area contributed by atoms with Crippen molar-refractivity contribution < 1.29 is 23.5 Å². The zero-order valence-electron chi connectivity index (χ0n) is 9.23. The van der Waals surface area contributed by atoms with E-state index in [1.54, 1.807) is 0 Å². The molecule has 0 bridgehead atoms. The molecule has 1 rings (SSSR count). The summed E-state index contributed by atoms with van der Waals surface area (Å²) in [6, 6.07) is 3.67. The van der Waals surface area contributed by atoms with E-state index in [4.69, 9.17) is 10.5 Å². The van der Waals surface area contributed by atoms with Crippen LogP contribution in [0.4, 0.5) is 4.39 Å². The van der Waals surface area contributed by atoms with Crippen LogP contribution in [0.5, 0.6) is 5.75 Å². The van der Waals surface area contributed by atoms with Gasteiger partial charge in [0.1, 0.15) is 11.6 Å². The van der Waals surface area contributed by atoms with Gasteiger partial charge in [0.25, 0.3) is 5.91 Å². The average Bonchev–Trinajstić information content (AvgIpc) is 2.28. The van der Waals surface area contributed by atoms with Gasteiger partial charge >= 0.3 is 5.97 Å². The highest BCUT2D eigenvalue weighted by Crippen LogP contribution is 2.16. The zero-order valence-corrected chi connectivity index (χ0v) is 9.23. The van der Waals surface area contributed by atoms with E-state index >= 15 is 0 Å². The monoisotopic (exact) mass is 241 g/mol. The Morgan fingerprint density at radius 2 is 2.12 bits per heavy atom. The lowest BCUT2D eigenvalue weighted by molar-refractivity contribution is -0.141. The van der Waals surface area contributed by atoms with Gasteiger partial charge < -0.3 is 15.2 Å². The summed E-state index contributed by atoms with van der Waals surface area (Å²) in [7, 11) is 1.27. The molecule has 0 unspecified atom stereocenters. The number of amides is 1. The highest BCUT2D eigenvalue weighted by atomic mass is 19.1. The van der Waals surface area contributed by atoms with Gasteiger partial charge in [0.2, 0.25) is 0 Å². The molecule has 1 aromatic rings. The topological polar surface area (TPSA) is 78.6 Å². The average molecular weight is 241 g/mol. The van der Waals surface area contributed by atoms with Crippen molar-refractivity contribution in [3.8, 4) is 5.75 Å². The van der Waals surface area contributed by atoms with Crippen LogP contribution in [0.2, 0.25) is 0 Å². The third-order valence-electron chi connectivity index (χ3n) is 2.01. The minimum absolute atomic E-state index is 0.0652. The maximum absolute atomic E-state index is 13.3. The number of rotatable bonds is 5. The number of benzene rings is 1. The van der Waals surface area contributed by atoms with Crippen molar-refractivity contribution >= 4 is 11.9 Å². The van der Waals surface area contributed by atoms with Gasteiger partial charge in [0, 0.05) is 6.07 Å². The summed E-state index contributed by atoms with van der Waals surface area (Å²) in [4.78, 5) is 21.5. The van der Waals surface area contributed by atoms with Gasteiger partial charge in [-0.15, -0.1) is 0 Å². The van der Waals surface area contributed by atoms with Gasteiger partial charge in [0.15, 0.2) is 0 Å². The predicted molar refractivity (Wildman–Crippen MR) is 57.0 cm³/mol. The van der Waals surface area contributed by atoms with Crippen LogP contribution in [-0.2, 0) is 9.53 Å². The van der Waals surface area contributed by atoms with Crippen molar-refractivity contribution in [1.82, 2.24) is 0 Å². The van der Waals surface area contributed by atoms with Gasteiger partial charge in [0.05, 0.1) is 25.7 Å². The molecule has 5 nitrogen and oxygen atoms in total. The van der Waals surface area contributed by atoms with Gasteiger partial charge in [-0.3, -0.25) is 9.59 Å². The second-order valence-corrected chi connectivity index (χ2v) is 3.18. The zero-order chi connectivity index (χ0) is 12.8. The molecular weight excluding hydrogens is 229 g/mol. The fraction of sp³-hybridized carbons (Fsp3) is 0.273. The van der Waals surface area contributed by atoms with Crippen molar-refractivity contribution in [3.63, 3.8) is 0 Å². The van der Waals surface area contributed by atoms with Crippen LogP contribution in [0.1, 0.15) is 16.8 Å². The van der Waals surface area contributed by atoms with E-state index in [1.807, 2.05) is 0 Å². The molecule has 6 heteroatoms. The number of carbonyl (C=O) groups is 2. The summed E-state index contributed by atoms with van der Waals surface area (Å²) in [5, 5.41) is 0. The van der Waals surface area contributed by atoms with Gasteiger partial charge in [-0.05, 0) is 12.1 Å². The number of ether oxygens (including phenoxy) is 2. The molecule has 1 aromatic carbocycles. The molecule has 0 heterocycles. The first-order chi connectivity index (χ1) is 8.04. The highest BCUT2D eigenvalue weighted by Gasteiger charge is 2.09. The summed E-state index contributed by atoms with van der Waals surface area (Å²) in [6.45, 7) is 0.0715.